The van der Waals surface area contributed by atoms with E-state index in [0.29, 0.717) is 12.3 Å². The number of rotatable bonds is 5. The highest BCUT2D eigenvalue weighted by Crippen LogP contribution is 2.34. The molecule has 0 aliphatic carbocycles. The lowest BCUT2D eigenvalue weighted by Gasteiger charge is -2.37. The Balaban J connectivity index is 1.73. The molecule has 0 spiro atoms. The van der Waals surface area contributed by atoms with Crippen LogP contribution in [0.15, 0.2) is 46.9 Å². The lowest BCUT2D eigenvalue weighted by molar-refractivity contribution is 0.0484. The third-order valence-electron chi connectivity index (χ3n) is 4.66. The molecule has 4 nitrogen and oxygen atoms in total. The Bertz CT molecular complexity index is 642. The second-order valence-electron chi connectivity index (χ2n) is 6.06. The Morgan fingerprint density at radius 1 is 1.13 bits per heavy atom. The summed E-state index contributed by atoms with van der Waals surface area (Å²) in [6, 6.07) is 14.0. The van der Waals surface area contributed by atoms with E-state index in [0.717, 1.165) is 38.2 Å². The van der Waals surface area contributed by atoms with Crippen molar-refractivity contribution in [2.24, 2.45) is 0 Å². The molecule has 0 unspecified atom stereocenters. The number of carbonyl (C=O) groups is 1. The Kier molecular flexibility index (Phi) is 4.82. The van der Waals surface area contributed by atoms with E-state index in [1.807, 2.05) is 19.1 Å². The first-order chi connectivity index (χ1) is 11.2. The van der Waals surface area contributed by atoms with E-state index in [-0.39, 0.29) is 11.3 Å². The number of ether oxygens (including phenoxy) is 1. The zero-order valence-electron chi connectivity index (χ0n) is 13.5. The molecule has 2 aromatic rings. The molecule has 0 saturated carbocycles. The maximum absolute atomic E-state index is 12.4. The van der Waals surface area contributed by atoms with E-state index in [4.69, 9.17) is 9.15 Å². The normalized spacial score (nSPS) is 16.9. The predicted molar refractivity (Wildman–Crippen MR) is 88.6 cm³/mol. The van der Waals surface area contributed by atoms with Crippen LogP contribution < -0.4 is 5.32 Å². The number of hydrogen-bond acceptors (Lipinski definition) is 3. The van der Waals surface area contributed by atoms with Crippen molar-refractivity contribution in [2.75, 3.05) is 19.8 Å². The fourth-order valence-electron chi connectivity index (χ4n) is 3.15. The third-order valence-corrected chi connectivity index (χ3v) is 4.66. The summed E-state index contributed by atoms with van der Waals surface area (Å²) in [5.74, 6) is 1.07. The molecule has 1 aliphatic heterocycles. The van der Waals surface area contributed by atoms with Crippen LogP contribution in [0.3, 0.4) is 0 Å². The Hall–Kier alpha value is -2.07. The minimum Gasteiger partial charge on any atom is -0.456 e. The molecule has 1 aromatic carbocycles. The molecule has 3 rings (SSSR count). The van der Waals surface area contributed by atoms with Gasteiger partial charge in [0.2, 0.25) is 0 Å². The Morgan fingerprint density at radius 2 is 1.87 bits per heavy atom. The zero-order valence-corrected chi connectivity index (χ0v) is 13.5. The van der Waals surface area contributed by atoms with Gasteiger partial charge in [-0.3, -0.25) is 4.79 Å². The van der Waals surface area contributed by atoms with Gasteiger partial charge in [0.25, 0.3) is 5.91 Å². The van der Waals surface area contributed by atoms with E-state index in [2.05, 4.69) is 29.6 Å². The van der Waals surface area contributed by atoms with Gasteiger partial charge in [0.1, 0.15) is 5.76 Å². The van der Waals surface area contributed by atoms with Gasteiger partial charge in [-0.05, 0) is 30.5 Å². The number of hydrogen-bond donors (Lipinski definition) is 1. The van der Waals surface area contributed by atoms with Crippen molar-refractivity contribution in [1.82, 2.24) is 5.32 Å². The van der Waals surface area contributed by atoms with Gasteiger partial charge in [-0.25, -0.2) is 0 Å². The van der Waals surface area contributed by atoms with Crippen LogP contribution in [0.25, 0.3) is 0 Å². The van der Waals surface area contributed by atoms with Crippen molar-refractivity contribution in [3.05, 3.63) is 59.5 Å². The number of carbonyl (C=O) groups excluding carboxylic acids is 1. The highest BCUT2D eigenvalue weighted by Gasteiger charge is 2.35. The van der Waals surface area contributed by atoms with Crippen LogP contribution in [0.5, 0.6) is 0 Å². The summed E-state index contributed by atoms with van der Waals surface area (Å²) in [5.41, 5.74) is 1.20. The van der Waals surface area contributed by atoms with E-state index >= 15 is 0 Å². The predicted octanol–water partition coefficient (Wildman–Crippen LogP) is 3.32. The number of benzene rings is 1. The largest absolute Gasteiger partial charge is 0.456 e. The molecular formula is C19H23NO3. The van der Waals surface area contributed by atoms with Gasteiger partial charge in [-0.2, -0.15) is 0 Å². The molecule has 4 heteroatoms. The van der Waals surface area contributed by atoms with Crippen molar-refractivity contribution in [3.8, 4) is 0 Å². The lowest BCUT2D eigenvalue weighted by atomic mass is 9.74. The molecular weight excluding hydrogens is 290 g/mol. The van der Waals surface area contributed by atoms with Gasteiger partial charge in [0.15, 0.2) is 5.76 Å². The first kappa shape index (κ1) is 15.8. The summed E-state index contributed by atoms with van der Waals surface area (Å²) in [6.07, 6.45) is 2.61. The average molecular weight is 313 g/mol. The number of furan rings is 1. The minimum absolute atomic E-state index is 0.0602. The molecule has 1 saturated heterocycles. The fourth-order valence-corrected chi connectivity index (χ4v) is 3.15. The van der Waals surface area contributed by atoms with E-state index in [9.17, 15) is 4.79 Å². The molecule has 1 aromatic heterocycles. The highest BCUT2D eigenvalue weighted by molar-refractivity contribution is 5.91. The number of amides is 1. The fraction of sp³-hybridized carbons (Fsp3) is 0.421. The Labute approximate surface area is 136 Å². The second kappa shape index (κ2) is 7.01. The molecule has 1 amide bonds. The van der Waals surface area contributed by atoms with Gasteiger partial charge in [0, 0.05) is 31.6 Å². The van der Waals surface area contributed by atoms with Gasteiger partial charge in [-0.1, -0.05) is 37.3 Å². The van der Waals surface area contributed by atoms with Gasteiger partial charge in [0.05, 0.1) is 0 Å². The molecule has 23 heavy (non-hydrogen) atoms. The summed E-state index contributed by atoms with van der Waals surface area (Å²) >= 11 is 0. The zero-order chi connectivity index (χ0) is 16.1. The maximum atomic E-state index is 12.4. The summed E-state index contributed by atoms with van der Waals surface area (Å²) in [5, 5.41) is 3.06. The maximum Gasteiger partial charge on any atom is 0.287 e. The summed E-state index contributed by atoms with van der Waals surface area (Å²) in [4.78, 5) is 12.4. The van der Waals surface area contributed by atoms with Crippen molar-refractivity contribution in [1.29, 1.82) is 0 Å². The first-order valence-corrected chi connectivity index (χ1v) is 8.24. The van der Waals surface area contributed by atoms with Crippen LogP contribution in [-0.4, -0.2) is 25.7 Å². The quantitative estimate of drug-likeness (QED) is 0.921. The van der Waals surface area contributed by atoms with Gasteiger partial charge in [-0.15, -0.1) is 0 Å². The third kappa shape index (κ3) is 3.48. The number of nitrogens with one attached hydrogen (secondary N) is 1. The molecule has 122 valence electrons. The van der Waals surface area contributed by atoms with Crippen LogP contribution in [0.1, 0.15) is 41.6 Å². The van der Waals surface area contributed by atoms with Gasteiger partial charge < -0.3 is 14.5 Å². The summed E-state index contributed by atoms with van der Waals surface area (Å²) in [6.45, 7) is 4.06. The highest BCUT2D eigenvalue weighted by atomic mass is 16.5. The molecule has 1 N–H and O–H groups in total. The summed E-state index contributed by atoms with van der Waals surface area (Å²) < 4.78 is 11.1. The standard InChI is InChI=1S/C19H23NO3/c1-2-16-8-9-17(23-16)18(21)20-14-19(10-12-22-13-11-19)15-6-4-3-5-7-15/h3-9H,2,10-14H2,1H3,(H,20,21). The van der Waals surface area contributed by atoms with Crippen LogP contribution in [0, 0.1) is 0 Å². The average Bonchev–Trinajstić information content (AvgIpc) is 3.10. The van der Waals surface area contributed by atoms with Crippen LogP contribution in [-0.2, 0) is 16.6 Å². The topological polar surface area (TPSA) is 51.5 Å². The van der Waals surface area contributed by atoms with Crippen molar-refractivity contribution in [2.45, 2.75) is 31.6 Å². The van der Waals surface area contributed by atoms with Gasteiger partial charge >= 0.3 is 0 Å². The molecule has 0 atom stereocenters. The molecule has 0 bridgehead atoms. The van der Waals surface area contributed by atoms with E-state index in [1.165, 1.54) is 5.56 Å². The lowest BCUT2D eigenvalue weighted by Crippen LogP contribution is -2.44. The van der Waals surface area contributed by atoms with E-state index in [1.54, 1.807) is 6.07 Å². The smallest absolute Gasteiger partial charge is 0.287 e. The number of aryl methyl sites for hydroxylation is 1. The van der Waals surface area contributed by atoms with Crippen LogP contribution >= 0.6 is 0 Å². The molecule has 1 fully saturated rings. The molecule has 0 radical (unpaired) electrons. The summed E-state index contributed by atoms with van der Waals surface area (Å²) in [7, 11) is 0. The van der Waals surface area contributed by atoms with Crippen molar-refractivity contribution in [3.63, 3.8) is 0 Å². The van der Waals surface area contributed by atoms with Crippen LogP contribution in [0.4, 0.5) is 0 Å². The monoisotopic (exact) mass is 313 g/mol. The second-order valence-corrected chi connectivity index (χ2v) is 6.06. The van der Waals surface area contributed by atoms with Crippen molar-refractivity contribution >= 4 is 5.91 Å². The van der Waals surface area contributed by atoms with E-state index < -0.39 is 0 Å². The molecule has 1 aliphatic rings. The SMILES string of the molecule is CCc1ccc(C(=O)NCC2(c3ccccc3)CCOCC2)o1. The Morgan fingerprint density at radius 3 is 2.52 bits per heavy atom. The first-order valence-electron chi connectivity index (χ1n) is 8.24. The van der Waals surface area contributed by atoms with Crippen LogP contribution in [0.2, 0.25) is 0 Å². The van der Waals surface area contributed by atoms with Crippen molar-refractivity contribution < 1.29 is 13.9 Å². The minimum atomic E-state index is -0.147. The molecule has 2 heterocycles.